The Morgan fingerprint density at radius 1 is 1.33 bits per heavy atom. The van der Waals surface area contributed by atoms with Crippen molar-refractivity contribution >= 4 is 11.8 Å². The Morgan fingerprint density at radius 3 is 2.78 bits per heavy atom. The second kappa shape index (κ2) is 8.48. The van der Waals surface area contributed by atoms with Crippen molar-refractivity contribution in [3.05, 3.63) is 0 Å². The molecular weight excluding hydrogens is 246 g/mol. The summed E-state index contributed by atoms with van der Waals surface area (Å²) in [5, 5.41) is 16.8. The van der Waals surface area contributed by atoms with E-state index in [4.69, 9.17) is 0 Å². The third-order valence-electron chi connectivity index (χ3n) is 2.55. The van der Waals surface area contributed by atoms with E-state index in [1.54, 1.807) is 11.8 Å². The van der Waals surface area contributed by atoms with Gasteiger partial charge >= 0.3 is 0 Å². The van der Waals surface area contributed by atoms with E-state index >= 15 is 0 Å². The lowest BCUT2D eigenvalue weighted by Crippen LogP contribution is -2.24. The zero-order chi connectivity index (χ0) is 13.4. The second-order valence-electron chi connectivity index (χ2n) is 5.00. The van der Waals surface area contributed by atoms with E-state index in [-0.39, 0.29) is 0 Å². The van der Waals surface area contributed by atoms with Gasteiger partial charge in [0.05, 0.1) is 6.54 Å². The van der Waals surface area contributed by atoms with Crippen LogP contribution >= 0.6 is 11.8 Å². The number of rotatable bonds is 9. The van der Waals surface area contributed by atoms with Crippen molar-refractivity contribution in [2.75, 3.05) is 13.1 Å². The third-order valence-corrected chi connectivity index (χ3v) is 3.70. The molecule has 1 heterocycles. The predicted octanol–water partition coefficient (Wildman–Crippen LogP) is 2.20. The van der Waals surface area contributed by atoms with Crippen LogP contribution in [0, 0.1) is 5.92 Å². The first kappa shape index (κ1) is 15.4. The summed E-state index contributed by atoms with van der Waals surface area (Å²) in [5.41, 5.74) is 0. The predicted molar refractivity (Wildman–Crippen MR) is 75.8 cm³/mol. The van der Waals surface area contributed by atoms with E-state index < -0.39 is 0 Å². The smallest absolute Gasteiger partial charge is 0.209 e. The van der Waals surface area contributed by atoms with Gasteiger partial charge in [-0.15, -0.1) is 5.10 Å². The molecule has 1 unspecified atom stereocenters. The molecule has 1 N–H and O–H groups in total. The molecule has 0 aliphatic heterocycles. The Kier molecular flexibility index (Phi) is 7.27. The van der Waals surface area contributed by atoms with Crippen molar-refractivity contribution in [3.8, 4) is 0 Å². The summed E-state index contributed by atoms with van der Waals surface area (Å²) >= 11 is 1.76. The van der Waals surface area contributed by atoms with Gasteiger partial charge in [-0.05, 0) is 29.3 Å². The molecule has 1 rings (SSSR count). The summed E-state index contributed by atoms with van der Waals surface area (Å²) in [7, 11) is 0. The van der Waals surface area contributed by atoms with Crippen molar-refractivity contribution in [3.63, 3.8) is 0 Å². The minimum absolute atomic E-state index is 0.573. The number of tetrazole rings is 1. The lowest BCUT2D eigenvalue weighted by molar-refractivity contribution is 0.481. The van der Waals surface area contributed by atoms with Crippen LogP contribution in [0.5, 0.6) is 0 Å². The highest BCUT2D eigenvalue weighted by Crippen LogP contribution is 2.22. The molecule has 0 aromatic carbocycles. The lowest BCUT2D eigenvalue weighted by Gasteiger charge is -2.10. The fraction of sp³-hybridized carbons (Fsp3) is 0.917. The van der Waals surface area contributed by atoms with Crippen molar-refractivity contribution < 1.29 is 0 Å². The molecule has 18 heavy (non-hydrogen) atoms. The fourth-order valence-corrected chi connectivity index (χ4v) is 2.69. The van der Waals surface area contributed by atoms with Gasteiger partial charge in [-0.3, -0.25) is 0 Å². The quantitative estimate of drug-likeness (QED) is 0.551. The van der Waals surface area contributed by atoms with Gasteiger partial charge in [0.15, 0.2) is 0 Å². The average molecular weight is 271 g/mol. The first-order valence-corrected chi connectivity index (χ1v) is 7.65. The van der Waals surface area contributed by atoms with Crippen LogP contribution < -0.4 is 5.32 Å². The van der Waals surface area contributed by atoms with Gasteiger partial charge in [0.25, 0.3) is 0 Å². The van der Waals surface area contributed by atoms with Crippen molar-refractivity contribution in [2.45, 2.75) is 57.5 Å². The van der Waals surface area contributed by atoms with Gasteiger partial charge in [0, 0.05) is 11.8 Å². The maximum atomic E-state index is 4.09. The standard InChI is InChI=1S/C12H25N5S/c1-5-6-11(4)18-12-14-15-16-17(12)8-7-13-9-10(2)3/h10-11,13H,5-9H2,1-4H3. The summed E-state index contributed by atoms with van der Waals surface area (Å²) in [6, 6.07) is 0. The monoisotopic (exact) mass is 271 g/mol. The Balaban J connectivity index is 2.35. The van der Waals surface area contributed by atoms with Crippen molar-refractivity contribution in [1.29, 1.82) is 0 Å². The maximum Gasteiger partial charge on any atom is 0.209 e. The molecule has 1 atom stereocenters. The van der Waals surface area contributed by atoms with Crippen LogP contribution in [-0.4, -0.2) is 38.5 Å². The van der Waals surface area contributed by atoms with E-state index in [1.807, 2.05) is 4.68 Å². The topological polar surface area (TPSA) is 55.6 Å². The summed E-state index contributed by atoms with van der Waals surface area (Å²) in [6.07, 6.45) is 2.40. The minimum atomic E-state index is 0.573. The van der Waals surface area contributed by atoms with Crippen molar-refractivity contribution in [2.24, 2.45) is 5.92 Å². The maximum absolute atomic E-state index is 4.09. The van der Waals surface area contributed by atoms with Crippen LogP contribution in [0.2, 0.25) is 0 Å². The normalized spacial score (nSPS) is 13.2. The molecule has 0 saturated heterocycles. The van der Waals surface area contributed by atoms with Gasteiger partial charge < -0.3 is 5.32 Å². The average Bonchev–Trinajstić information content (AvgIpc) is 2.72. The summed E-state index contributed by atoms with van der Waals surface area (Å²) in [5.74, 6) is 0.678. The number of thioether (sulfide) groups is 1. The van der Waals surface area contributed by atoms with Gasteiger partial charge in [-0.1, -0.05) is 45.9 Å². The van der Waals surface area contributed by atoms with E-state index in [1.165, 1.54) is 12.8 Å². The summed E-state index contributed by atoms with van der Waals surface area (Å²) < 4.78 is 1.89. The highest BCUT2D eigenvalue weighted by atomic mass is 32.2. The first-order valence-electron chi connectivity index (χ1n) is 6.77. The molecule has 0 radical (unpaired) electrons. The molecule has 0 fully saturated rings. The number of hydrogen-bond donors (Lipinski definition) is 1. The van der Waals surface area contributed by atoms with E-state index in [0.717, 1.165) is 24.8 Å². The Morgan fingerprint density at radius 2 is 2.11 bits per heavy atom. The van der Waals surface area contributed by atoms with Gasteiger partial charge in [0.2, 0.25) is 5.16 Å². The second-order valence-corrected chi connectivity index (χ2v) is 6.41. The van der Waals surface area contributed by atoms with E-state index in [0.29, 0.717) is 11.2 Å². The molecule has 1 aromatic rings. The molecule has 0 amide bonds. The number of nitrogens with zero attached hydrogens (tertiary/aromatic N) is 4. The molecule has 0 aliphatic carbocycles. The highest BCUT2D eigenvalue weighted by molar-refractivity contribution is 7.99. The molecule has 104 valence electrons. The van der Waals surface area contributed by atoms with Crippen LogP contribution in [0.15, 0.2) is 5.16 Å². The first-order chi connectivity index (χ1) is 8.63. The number of aromatic nitrogens is 4. The lowest BCUT2D eigenvalue weighted by atomic mass is 10.2. The van der Waals surface area contributed by atoms with Crippen LogP contribution in [0.1, 0.15) is 40.5 Å². The van der Waals surface area contributed by atoms with Gasteiger partial charge in [-0.25, -0.2) is 4.68 Å². The molecule has 5 nitrogen and oxygen atoms in total. The van der Waals surface area contributed by atoms with Crippen molar-refractivity contribution in [1.82, 2.24) is 25.5 Å². The van der Waals surface area contributed by atoms with E-state index in [2.05, 4.69) is 48.5 Å². The molecule has 0 bridgehead atoms. The zero-order valence-electron chi connectivity index (χ0n) is 11.9. The largest absolute Gasteiger partial charge is 0.315 e. The molecule has 1 aromatic heterocycles. The molecule has 0 aliphatic rings. The zero-order valence-corrected chi connectivity index (χ0v) is 12.7. The van der Waals surface area contributed by atoms with Crippen LogP contribution in [0.3, 0.4) is 0 Å². The van der Waals surface area contributed by atoms with Crippen LogP contribution in [0.4, 0.5) is 0 Å². The molecule has 6 heteroatoms. The van der Waals surface area contributed by atoms with Gasteiger partial charge in [-0.2, -0.15) is 0 Å². The fourth-order valence-electron chi connectivity index (χ4n) is 1.64. The number of nitrogens with one attached hydrogen (secondary N) is 1. The Labute approximate surface area is 114 Å². The highest BCUT2D eigenvalue weighted by Gasteiger charge is 2.10. The Hall–Kier alpha value is -0.620. The van der Waals surface area contributed by atoms with Crippen LogP contribution in [0.25, 0.3) is 0 Å². The number of hydrogen-bond acceptors (Lipinski definition) is 5. The molecular formula is C12H25N5S. The van der Waals surface area contributed by atoms with Gasteiger partial charge in [0.1, 0.15) is 0 Å². The Bertz CT molecular complexity index is 326. The SMILES string of the molecule is CCCC(C)Sc1nnnn1CCNCC(C)C. The molecule has 0 saturated carbocycles. The molecule has 0 spiro atoms. The third kappa shape index (κ3) is 5.82. The van der Waals surface area contributed by atoms with E-state index in [9.17, 15) is 0 Å². The van der Waals surface area contributed by atoms with Crippen LogP contribution in [-0.2, 0) is 6.54 Å². The summed E-state index contributed by atoms with van der Waals surface area (Å²) in [6.45, 7) is 11.6. The minimum Gasteiger partial charge on any atom is -0.315 e. The summed E-state index contributed by atoms with van der Waals surface area (Å²) in [4.78, 5) is 0.